The minimum absolute atomic E-state index is 0.0264. The van der Waals surface area contributed by atoms with Crippen molar-refractivity contribution >= 4 is 51.2 Å². The number of para-hydroxylation sites is 2. The van der Waals surface area contributed by atoms with Gasteiger partial charge in [0.2, 0.25) is 0 Å². The van der Waals surface area contributed by atoms with Gasteiger partial charge in [-0.3, -0.25) is 4.79 Å². The van der Waals surface area contributed by atoms with Gasteiger partial charge in [-0.05, 0) is 50.7 Å². The SMILES string of the molecule is CCN(CC)C(=O)c1sc(NC(=S)Nc2ccccc2OC(F)F)c(C(=O)OC)c1C. The number of hydrogen-bond acceptors (Lipinski definition) is 6. The number of benzene rings is 1. The zero-order valence-electron chi connectivity index (χ0n) is 17.5. The molecule has 0 unspecified atom stereocenters. The van der Waals surface area contributed by atoms with Gasteiger partial charge in [0.1, 0.15) is 10.8 Å². The quantitative estimate of drug-likeness (QED) is 0.425. The van der Waals surface area contributed by atoms with Crippen LogP contribution in [0.4, 0.5) is 19.5 Å². The van der Waals surface area contributed by atoms with Crippen LogP contribution in [0.25, 0.3) is 0 Å². The number of halogens is 2. The molecule has 0 atom stereocenters. The van der Waals surface area contributed by atoms with Gasteiger partial charge in [-0.15, -0.1) is 11.3 Å². The molecule has 0 aliphatic heterocycles. The maximum absolute atomic E-state index is 12.8. The van der Waals surface area contributed by atoms with Gasteiger partial charge in [0.25, 0.3) is 5.91 Å². The van der Waals surface area contributed by atoms with Crippen molar-refractivity contribution in [2.45, 2.75) is 27.4 Å². The highest BCUT2D eigenvalue weighted by molar-refractivity contribution is 7.80. The molecule has 2 N–H and O–H groups in total. The van der Waals surface area contributed by atoms with Gasteiger partial charge in [-0.1, -0.05) is 12.1 Å². The number of hydrogen-bond donors (Lipinski definition) is 2. The molecule has 1 amide bonds. The van der Waals surface area contributed by atoms with Crippen LogP contribution in [-0.4, -0.2) is 48.7 Å². The Morgan fingerprint density at radius 2 is 1.84 bits per heavy atom. The highest BCUT2D eigenvalue weighted by atomic mass is 32.1. The topological polar surface area (TPSA) is 79.9 Å². The first kappa shape index (κ1) is 24.5. The van der Waals surface area contributed by atoms with E-state index in [9.17, 15) is 18.4 Å². The Morgan fingerprint density at radius 1 is 1.19 bits per heavy atom. The number of ether oxygens (including phenoxy) is 2. The highest BCUT2D eigenvalue weighted by Crippen LogP contribution is 2.35. The summed E-state index contributed by atoms with van der Waals surface area (Å²) in [7, 11) is 1.24. The number of thiocarbonyl (C=S) groups is 1. The molecule has 0 aliphatic carbocycles. The Labute approximate surface area is 188 Å². The van der Waals surface area contributed by atoms with Gasteiger partial charge in [0.15, 0.2) is 5.11 Å². The normalized spacial score (nSPS) is 10.5. The minimum Gasteiger partial charge on any atom is -0.465 e. The molecular weight excluding hydrogens is 448 g/mol. The van der Waals surface area contributed by atoms with E-state index in [-0.39, 0.29) is 28.0 Å². The summed E-state index contributed by atoms with van der Waals surface area (Å²) in [6.45, 7) is 3.43. The van der Waals surface area contributed by atoms with Crippen LogP contribution < -0.4 is 15.4 Å². The lowest BCUT2D eigenvalue weighted by molar-refractivity contribution is -0.0493. The summed E-state index contributed by atoms with van der Waals surface area (Å²) >= 11 is 6.35. The second kappa shape index (κ2) is 11.0. The van der Waals surface area contributed by atoms with Crippen molar-refractivity contribution in [3.63, 3.8) is 0 Å². The maximum atomic E-state index is 12.8. The Balaban J connectivity index is 2.34. The van der Waals surface area contributed by atoms with E-state index in [1.165, 1.54) is 19.2 Å². The molecule has 168 valence electrons. The van der Waals surface area contributed by atoms with Gasteiger partial charge < -0.3 is 25.0 Å². The Bertz CT molecular complexity index is 962. The van der Waals surface area contributed by atoms with Crippen LogP contribution in [0.5, 0.6) is 5.75 Å². The number of carbonyl (C=O) groups is 2. The zero-order chi connectivity index (χ0) is 23.1. The van der Waals surface area contributed by atoms with E-state index in [4.69, 9.17) is 17.0 Å². The molecule has 0 saturated heterocycles. The smallest absolute Gasteiger partial charge is 0.387 e. The fraction of sp³-hybridized carbons (Fsp3) is 0.350. The average Bonchev–Trinajstić information content (AvgIpc) is 3.05. The van der Waals surface area contributed by atoms with Crippen molar-refractivity contribution in [2.75, 3.05) is 30.8 Å². The molecule has 1 aromatic heterocycles. The summed E-state index contributed by atoms with van der Waals surface area (Å²) in [5.41, 5.74) is 0.873. The molecule has 0 aliphatic rings. The molecule has 7 nitrogen and oxygen atoms in total. The molecule has 0 fully saturated rings. The number of rotatable bonds is 8. The van der Waals surface area contributed by atoms with E-state index in [0.717, 1.165) is 11.3 Å². The summed E-state index contributed by atoms with van der Waals surface area (Å²) < 4.78 is 34.6. The second-order valence-electron chi connectivity index (χ2n) is 6.18. The van der Waals surface area contributed by atoms with Crippen LogP contribution >= 0.6 is 23.6 Å². The van der Waals surface area contributed by atoms with Crippen molar-refractivity contribution < 1.29 is 27.8 Å². The van der Waals surface area contributed by atoms with Crippen LogP contribution in [-0.2, 0) is 4.74 Å². The number of nitrogens with one attached hydrogen (secondary N) is 2. The molecule has 0 bridgehead atoms. The van der Waals surface area contributed by atoms with Gasteiger partial charge in [-0.2, -0.15) is 8.78 Å². The number of methoxy groups -OCH3 is 1. The molecule has 31 heavy (non-hydrogen) atoms. The number of anilines is 2. The van der Waals surface area contributed by atoms with Crippen molar-refractivity contribution in [3.05, 3.63) is 40.3 Å². The van der Waals surface area contributed by atoms with Crippen LogP contribution in [0.1, 0.15) is 39.4 Å². The summed E-state index contributed by atoms with van der Waals surface area (Å²) in [5, 5.41) is 5.98. The Morgan fingerprint density at radius 3 is 2.42 bits per heavy atom. The number of esters is 1. The molecule has 2 rings (SSSR count). The molecular formula is C20H23F2N3O4S2. The lowest BCUT2D eigenvalue weighted by Crippen LogP contribution is -2.30. The summed E-state index contributed by atoms with van der Waals surface area (Å²) in [5.74, 6) is -0.922. The van der Waals surface area contributed by atoms with Gasteiger partial charge in [0.05, 0.1) is 23.2 Å². The van der Waals surface area contributed by atoms with Crippen LogP contribution in [0.15, 0.2) is 24.3 Å². The molecule has 0 radical (unpaired) electrons. The molecule has 11 heteroatoms. The lowest BCUT2D eigenvalue weighted by Gasteiger charge is -2.18. The highest BCUT2D eigenvalue weighted by Gasteiger charge is 2.27. The first-order valence-corrected chi connectivity index (χ1v) is 10.6. The van der Waals surface area contributed by atoms with Crippen molar-refractivity contribution in [2.24, 2.45) is 0 Å². The Kier molecular flexibility index (Phi) is 8.69. The largest absolute Gasteiger partial charge is 0.465 e. The Hall–Kier alpha value is -2.79. The number of alkyl halides is 2. The number of amides is 1. The van der Waals surface area contributed by atoms with E-state index in [0.29, 0.717) is 28.5 Å². The molecule has 1 aromatic carbocycles. The number of carbonyl (C=O) groups excluding carboxylic acids is 2. The summed E-state index contributed by atoms with van der Waals surface area (Å²) in [6, 6.07) is 6.05. The van der Waals surface area contributed by atoms with E-state index < -0.39 is 12.6 Å². The third kappa shape index (κ3) is 5.88. The summed E-state index contributed by atoms with van der Waals surface area (Å²) in [6.07, 6.45) is 0. The molecule has 2 aromatic rings. The lowest BCUT2D eigenvalue weighted by atomic mass is 10.1. The summed E-state index contributed by atoms with van der Waals surface area (Å²) in [4.78, 5) is 27.2. The third-order valence-electron chi connectivity index (χ3n) is 4.36. The van der Waals surface area contributed by atoms with E-state index in [1.807, 2.05) is 13.8 Å². The standard InChI is InChI=1S/C20H23F2N3O4S2/c1-5-25(6-2)17(26)15-11(3)14(18(27)28-4)16(31-15)24-20(30)23-12-9-7-8-10-13(12)29-19(21)22/h7-10,19H,5-6H2,1-4H3,(H2,23,24,30). The number of thiophene rings is 1. The van der Waals surface area contributed by atoms with Gasteiger partial charge in [-0.25, -0.2) is 4.79 Å². The van der Waals surface area contributed by atoms with E-state index in [1.54, 1.807) is 24.0 Å². The van der Waals surface area contributed by atoms with Gasteiger partial charge in [0, 0.05) is 13.1 Å². The average molecular weight is 472 g/mol. The predicted molar refractivity (Wildman–Crippen MR) is 121 cm³/mol. The number of nitrogens with zero attached hydrogens (tertiary/aromatic N) is 1. The predicted octanol–water partition coefficient (Wildman–Crippen LogP) is 4.74. The minimum atomic E-state index is -3.00. The van der Waals surface area contributed by atoms with Gasteiger partial charge >= 0.3 is 12.6 Å². The van der Waals surface area contributed by atoms with Crippen molar-refractivity contribution in [1.29, 1.82) is 0 Å². The van der Waals surface area contributed by atoms with E-state index in [2.05, 4.69) is 15.4 Å². The van der Waals surface area contributed by atoms with Crippen LogP contribution in [0.2, 0.25) is 0 Å². The maximum Gasteiger partial charge on any atom is 0.387 e. The van der Waals surface area contributed by atoms with Crippen molar-refractivity contribution in [3.8, 4) is 5.75 Å². The third-order valence-corrected chi connectivity index (χ3v) is 5.76. The second-order valence-corrected chi connectivity index (χ2v) is 7.61. The molecule has 0 saturated carbocycles. The first-order chi connectivity index (χ1) is 14.7. The fourth-order valence-electron chi connectivity index (χ4n) is 2.83. The monoisotopic (exact) mass is 471 g/mol. The molecule has 0 spiro atoms. The van der Waals surface area contributed by atoms with Crippen LogP contribution in [0.3, 0.4) is 0 Å². The molecule has 1 heterocycles. The fourth-order valence-corrected chi connectivity index (χ4v) is 4.28. The van der Waals surface area contributed by atoms with Crippen molar-refractivity contribution in [1.82, 2.24) is 4.90 Å². The zero-order valence-corrected chi connectivity index (χ0v) is 19.1. The van der Waals surface area contributed by atoms with Crippen LogP contribution in [0, 0.1) is 6.92 Å². The van der Waals surface area contributed by atoms with E-state index >= 15 is 0 Å². The first-order valence-electron chi connectivity index (χ1n) is 9.36.